The molecule has 5 heteroatoms. The predicted molar refractivity (Wildman–Crippen MR) is 74.4 cm³/mol. The third-order valence-electron chi connectivity index (χ3n) is 2.70. The van der Waals surface area contributed by atoms with Crippen molar-refractivity contribution >= 4 is 6.03 Å². The lowest BCUT2D eigenvalue weighted by atomic mass is 10.2. The molecule has 1 N–H and O–H groups in total. The highest BCUT2D eigenvalue weighted by atomic mass is 16.5. The number of nitrogens with zero attached hydrogens (tertiary/aromatic N) is 1. The number of rotatable bonds is 7. The van der Waals surface area contributed by atoms with Gasteiger partial charge in [-0.15, -0.1) is 0 Å². The van der Waals surface area contributed by atoms with E-state index in [-0.39, 0.29) is 6.03 Å². The van der Waals surface area contributed by atoms with E-state index in [0.29, 0.717) is 19.7 Å². The Kier molecular flexibility index (Phi) is 6.74. The van der Waals surface area contributed by atoms with Gasteiger partial charge in [-0.1, -0.05) is 12.1 Å². The van der Waals surface area contributed by atoms with Gasteiger partial charge < -0.3 is 19.7 Å². The molecule has 0 aliphatic rings. The SMILES string of the molecule is COCCCNC(=O)N(C)Cc1cccc(OC)c1. The summed E-state index contributed by atoms with van der Waals surface area (Å²) in [6.45, 7) is 1.82. The van der Waals surface area contributed by atoms with Crippen LogP contribution in [-0.4, -0.2) is 45.3 Å². The summed E-state index contributed by atoms with van der Waals surface area (Å²) in [6, 6.07) is 7.61. The second-order valence-electron chi connectivity index (χ2n) is 4.29. The van der Waals surface area contributed by atoms with E-state index >= 15 is 0 Å². The van der Waals surface area contributed by atoms with Crippen LogP contribution in [0.3, 0.4) is 0 Å². The van der Waals surface area contributed by atoms with E-state index in [0.717, 1.165) is 17.7 Å². The van der Waals surface area contributed by atoms with Crippen LogP contribution in [0.15, 0.2) is 24.3 Å². The number of nitrogens with one attached hydrogen (secondary N) is 1. The van der Waals surface area contributed by atoms with Crippen molar-refractivity contribution in [3.05, 3.63) is 29.8 Å². The molecule has 5 nitrogen and oxygen atoms in total. The monoisotopic (exact) mass is 266 g/mol. The Hall–Kier alpha value is -1.75. The molecule has 0 aliphatic heterocycles. The van der Waals surface area contributed by atoms with Gasteiger partial charge in [0.15, 0.2) is 0 Å². The molecule has 2 amide bonds. The minimum absolute atomic E-state index is 0.0843. The standard InChI is InChI=1S/C14H22N2O3/c1-16(14(17)15-8-5-9-18-2)11-12-6-4-7-13(10-12)19-3/h4,6-7,10H,5,8-9,11H2,1-3H3,(H,15,17). The summed E-state index contributed by atoms with van der Waals surface area (Å²) in [7, 11) is 5.05. The second-order valence-corrected chi connectivity index (χ2v) is 4.29. The highest BCUT2D eigenvalue weighted by molar-refractivity contribution is 5.73. The van der Waals surface area contributed by atoms with Crippen LogP contribution in [0.25, 0.3) is 0 Å². The first-order valence-electron chi connectivity index (χ1n) is 6.28. The number of carbonyl (C=O) groups excluding carboxylic acids is 1. The van der Waals surface area contributed by atoms with Crippen LogP contribution in [0.4, 0.5) is 4.79 Å². The largest absolute Gasteiger partial charge is 0.497 e. The predicted octanol–water partition coefficient (Wildman–Crippen LogP) is 1.87. The van der Waals surface area contributed by atoms with Gasteiger partial charge in [-0.3, -0.25) is 0 Å². The Labute approximate surface area is 114 Å². The van der Waals surface area contributed by atoms with Crippen molar-refractivity contribution in [1.29, 1.82) is 0 Å². The highest BCUT2D eigenvalue weighted by Gasteiger charge is 2.08. The summed E-state index contributed by atoms with van der Waals surface area (Å²) in [5.74, 6) is 0.798. The fraction of sp³-hybridized carbons (Fsp3) is 0.500. The minimum atomic E-state index is -0.0843. The zero-order valence-corrected chi connectivity index (χ0v) is 11.8. The van der Waals surface area contributed by atoms with Crippen LogP contribution in [0, 0.1) is 0 Å². The van der Waals surface area contributed by atoms with Gasteiger partial charge >= 0.3 is 6.03 Å². The minimum Gasteiger partial charge on any atom is -0.497 e. The number of methoxy groups -OCH3 is 2. The molecule has 1 rings (SSSR count). The Morgan fingerprint density at radius 2 is 2.16 bits per heavy atom. The fourth-order valence-corrected chi connectivity index (χ4v) is 1.66. The fourth-order valence-electron chi connectivity index (χ4n) is 1.66. The summed E-state index contributed by atoms with van der Waals surface area (Å²) in [4.78, 5) is 13.4. The van der Waals surface area contributed by atoms with E-state index in [1.165, 1.54) is 0 Å². The number of benzene rings is 1. The zero-order valence-electron chi connectivity index (χ0n) is 11.8. The molecule has 0 fully saturated rings. The van der Waals surface area contributed by atoms with Crippen molar-refractivity contribution in [2.24, 2.45) is 0 Å². The summed E-state index contributed by atoms with van der Waals surface area (Å²) in [5, 5.41) is 2.84. The van der Waals surface area contributed by atoms with Crippen molar-refractivity contribution in [2.45, 2.75) is 13.0 Å². The average Bonchev–Trinajstić information content (AvgIpc) is 2.43. The molecule has 0 spiro atoms. The highest BCUT2D eigenvalue weighted by Crippen LogP contribution is 2.13. The van der Waals surface area contributed by atoms with Gasteiger partial charge in [-0.2, -0.15) is 0 Å². The Morgan fingerprint density at radius 3 is 2.84 bits per heavy atom. The lowest BCUT2D eigenvalue weighted by Gasteiger charge is -2.18. The van der Waals surface area contributed by atoms with Crippen LogP contribution in [-0.2, 0) is 11.3 Å². The van der Waals surface area contributed by atoms with Crippen molar-refractivity contribution in [1.82, 2.24) is 10.2 Å². The van der Waals surface area contributed by atoms with Crippen LogP contribution in [0.2, 0.25) is 0 Å². The maximum atomic E-state index is 11.8. The van der Waals surface area contributed by atoms with Gasteiger partial charge in [0.2, 0.25) is 0 Å². The van der Waals surface area contributed by atoms with Gasteiger partial charge in [-0.05, 0) is 24.1 Å². The average molecular weight is 266 g/mol. The maximum Gasteiger partial charge on any atom is 0.317 e. The van der Waals surface area contributed by atoms with E-state index in [1.807, 2.05) is 24.3 Å². The number of carbonyl (C=O) groups is 1. The molecule has 1 aromatic carbocycles. The molecule has 106 valence electrons. The van der Waals surface area contributed by atoms with Crippen molar-refractivity contribution < 1.29 is 14.3 Å². The van der Waals surface area contributed by atoms with Crippen molar-refractivity contribution in [2.75, 3.05) is 34.4 Å². The Bertz CT molecular complexity index is 396. The maximum absolute atomic E-state index is 11.8. The lowest BCUT2D eigenvalue weighted by Crippen LogP contribution is -2.37. The van der Waals surface area contributed by atoms with E-state index in [9.17, 15) is 4.79 Å². The number of hydrogen-bond acceptors (Lipinski definition) is 3. The molecule has 0 unspecified atom stereocenters. The third-order valence-corrected chi connectivity index (χ3v) is 2.70. The van der Waals surface area contributed by atoms with E-state index in [4.69, 9.17) is 9.47 Å². The van der Waals surface area contributed by atoms with E-state index in [1.54, 1.807) is 26.2 Å². The first-order chi connectivity index (χ1) is 9.17. The summed E-state index contributed by atoms with van der Waals surface area (Å²) in [6.07, 6.45) is 0.815. The van der Waals surface area contributed by atoms with Crippen molar-refractivity contribution in [3.63, 3.8) is 0 Å². The molecule has 19 heavy (non-hydrogen) atoms. The lowest BCUT2D eigenvalue weighted by molar-refractivity contribution is 0.188. The number of hydrogen-bond donors (Lipinski definition) is 1. The Balaban J connectivity index is 2.40. The molecule has 0 bridgehead atoms. The molecule has 0 heterocycles. The first kappa shape index (κ1) is 15.3. The van der Waals surface area contributed by atoms with Gasteiger partial charge in [0.1, 0.15) is 5.75 Å². The number of ether oxygens (including phenoxy) is 2. The molecule has 1 aromatic rings. The topological polar surface area (TPSA) is 50.8 Å². The van der Waals surface area contributed by atoms with E-state index < -0.39 is 0 Å². The third kappa shape index (κ3) is 5.61. The zero-order chi connectivity index (χ0) is 14.1. The molecule has 0 saturated heterocycles. The summed E-state index contributed by atoms with van der Waals surface area (Å²) < 4.78 is 10.1. The van der Waals surface area contributed by atoms with Gasteiger partial charge in [0, 0.05) is 33.9 Å². The molecular formula is C14H22N2O3. The molecule has 0 atom stereocenters. The number of urea groups is 1. The second kappa shape index (κ2) is 8.37. The van der Waals surface area contributed by atoms with Gasteiger partial charge in [0.25, 0.3) is 0 Å². The number of amides is 2. The summed E-state index contributed by atoms with van der Waals surface area (Å²) in [5.41, 5.74) is 1.04. The molecular weight excluding hydrogens is 244 g/mol. The Morgan fingerprint density at radius 1 is 1.37 bits per heavy atom. The first-order valence-corrected chi connectivity index (χ1v) is 6.28. The van der Waals surface area contributed by atoms with Gasteiger partial charge in [0.05, 0.1) is 7.11 Å². The molecule has 0 aliphatic carbocycles. The quantitative estimate of drug-likeness (QED) is 0.767. The summed E-state index contributed by atoms with van der Waals surface area (Å²) >= 11 is 0. The molecule has 0 aromatic heterocycles. The van der Waals surface area contributed by atoms with Crippen LogP contribution >= 0.6 is 0 Å². The van der Waals surface area contributed by atoms with Crippen LogP contribution in [0.5, 0.6) is 5.75 Å². The van der Waals surface area contributed by atoms with Crippen molar-refractivity contribution in [3.8, 4) is 5.75 Å². The normalized spacial score (nSPS) is 10.1. The van der Waals surface area contributed by atoms with E-state index in [2.05, 4.69) is 5.32 Å². The van der Waals surface area contributed by atoms with Gasteiger partial charge in [-0.25, -0.2) is 4.79 Å². The molecule has 0 saturated carbocycles. The molecule has 0 radical (unpaired) electrons. The smallest absolute Gasteiger partial charge is 0.317 e. The van der Waals surface area contributed by atoms with Crippen LogP contribution in [0.1, 0.15) is 12.0 Å². The van der Waals surface area contributed by atoms with Crippen LogP contribution < -0.4 is 10.1 Å².